The lowest BCUT2D eigenvalue weighted by Crippen LogP contribution is -2.15. The molecule has 0 aliphatic rings. The van der Waals surface area contributed by atoms with Gasteiger partial charge in [0, 0.05) is 35.1 Å². The highest BCUT2D eigenvalue weighted by molar-refractivity contribution is 7.93. The van der Waals surface area contributed by atoms with Crippen molar-refractivity contribution in [3.8, 4) is 11.3 Å². The van der Waals surface area contributed by atoms with Crippen LogP contribution in [0.15, 0.2) is 82.2 Å². The first-order chi connectivity index (χ1) is 15.7. The van der Waals surface area contributed by atoms with E-state index < -0.39 is 20.0 Å². The third kappa shape index (κ3) is 5.07. The maximum atomic E-state index is 13.2. The summed E-state index contributed by atoms with van der Waals surface area (Å²) in [5.74, 6) is 0. The first-order valence-corrected chi connectivity index (χ1v) is 13.7. The molecule has 2 aromatic heterocycles. The highest BCUT2D eigenvalue weighted by atomic mass is 32.2. The van der Waals surface area contributed by atoms with Gasteiger partial charge in [0.25, 0.3) is 20.0 Å². The maximum absolute atomic E-state index is 13.2. The zero-order valence-electron chi connectivity index (χ0n) is 17.7. The van der Waals surface area contributed by atoms with E-state index in [2.05, 4.69) is 19.5 Å². The smallest absolute Gasteiger partial charge is 0.265 e. The van der Waals surface area contributed by atoms with Crippen molar-refractivity contribution in [2.24, 2.45) is 0 Å². The van der Waals surface area contributed by atoms with Gasteiger partial charge in [0.1, 0.15) is 10.6 Å². The molecule has 12 heteroatoms. The Bertz CT molecular complexity index is 1450. The van der Waals surface area contributed by atoms with Crippen molar-refractivity contribution in [2.75, 3.05) is 9.44 Å². The molecule has 0 spiro atoms. The van der Waals surface area contributed by atoms with Crippen LogP contribution in [0.3, 0.4) is 0 Å². The lowest BCUT2D eigenvalue weighted by molar-refractivity contribution is 0.532. The van der Waals surface area contributed by atoms with E-state index in [0.717, 1.165) is 11.3 Å². The van der Waals surface area contributed by atoms with Gasteiger partial charge in [0.05, 0.1) is 4.90 Å². The molecule has 33 heavy (non-hydrogen) atoms. The summed E-state index contributed by atoms with van der Waals surface area (Å²) in [5, 5.41) is 6.37. The number of nitrogens with zero attached hydrogens (tertiary/aromatic N) is 3. The SMILES string of the molecule is CC(C)n1cc(S(=O)(=O)Nc2ccc(S(=O)(=O)Nc3nccs3)cc2)c(-c2ccccc2)n1. The van der Waals surface area contributed by atoms with E-state index in [4.69, 9.17) is 0 Å². The minimum absolute atomic E-state index is 0.0155. The Morgan fingerprint density at radius 3 is 2.21 bits per heavy atom. The second-order valence-electron chi connectivity index (χ2n) is 7.35. The van der Waals surface area contributed by atoms with Crippen LogP contribution in [0.4, 0.5) is 10.8 Å². The van der Waals surface area contributed by atoms with Gasteiger partial charge in [-0.3, -0.25) is 14.1 Å². The van der Waals surface area contributed by atoms with E-state index in [1.165, 1.54) is 36.7 Å². The average Bonchev–Trinajstić information content (AvgIpc) is 3.45. The third-order valence-electron chi connectivity index (χ3n) is 4.64. The summed E-state index contributed by atoms with van der Waals surface area (Å²) >= 11 is 1.16. The fourth-order valence-corrected chi connectivity index (χ4v) is 6.00. The number of aromatic nitrogens is 3. The molecule has 172 valence electrons. The molecule has 0 aliphatic carbocycles. The minimum atomic E-state index is -4.00. The minimum Gasteiger partial charge on any atom is -0.280 e. The van der Waals surface area contributed by atoms with Crippen molar-refractivity contribution < 1.29 is 16.8 Å². The predicted octanol–water partition coefficient (Wildman–Crippen LogP) is 4.19. The molecule has 2 aromatic carbocycles. The lowest BCUT2D eigenvalue weighted by Gasteiger charge is -2.10. The molecule has 4 rings (SSSR count). The molecule has 0 amide bonds. The summed E-state index contributed by atoms with van der Waals surface area (Å²) < 4.78 is 57.9. The van der Waals surface area contributed by atoms with Gasteiger partial charge in [-0.15, -0.1) is 11.3 Å². The number of nitrogens with one attached hydrogen (secondary N) is 2. The second-order valence-corrected chi connectivity index (χ2v) is 11.6. The number of hydrogen-bond acceptors (Lipinski definition) is 7. The number of anilines is 2. The summed E-state index contributed by atoms with van der Waals surface area (Å²) in [6.45, 7) is 3.81. The largest absolute Gasteiger partial charge is 0.280 e. The number of benzene rings is 2. The molecule has 0 atom stereocenters. The quantitative estimate of drug-likeness (QED) is 0.372. The van der Waals surface area contributed by atoms with Gasteiger partial charge in [0.2, 0.25) is 0 Å². The van der Waals surface area contributed by atoms with Crippen LogP contribution in [0.25, 0.3) is 11.3 Å². The zero-order valence-corrected chi connectivity index (χ0v) is 20.2. The molecule has 9 nitrogen and oxygen atoms in total. The number of sulfonamides is 2. The van der Waals surface area contributed by atoms with Crippen LogP contribution in [-0.4, -0.2) is 31.6 Å². The standard InChI is InChI=1S/C21H21N5O4S3/c1-15(2)26-14-19(20(23-26)16-6-4-3-5-7-16)33(29,30)24-17-8-10-18(11-9-17)32(27,28)25-21-22-12-13-31-21/h3-15,24H,1-2H3,(H,22,25). The van der Waals surface area contributed by atoms with Crippen LogP contribution in [0.5, 0.6) is 0 Å². The fourth-order valence-electron chi connectivity index (χ4n) is 2.99. The summed E-state index contributed by atoms with van der Waals surface area (Å²) in [5.41, 5.74) is 1.23. The van der Waals surface area contributed by atoms with Crippen LogP contribution in [0.1, 0.15) is 19.9 Å². The highest BCUT2D eigenvalue weighted by Crippen LogP contribution is 2.29. The van der Waals surface area contributed by atoms with Gasteiger partial charge in [-0.2, -0.15) is 5.10 Å². The Morgan fingerprint density at radius 1 is 0.909 bits per heavy atom. The van der Waals surface area contributed by atoms with Gasteiger partial charge in [-0.25, -0.2) is 21.8 Å². The topological polar surface area (TPSA) is 123 Å². The monoisotopic (exact) mass is 503 g/mol. The summed E-state index contributed by atoms with van der Waals surface area (Å²) in [6, 6.07) is 14.4. The third-order valence-corrected chi connectivity index (χ3v) is 8.19. The van der Waals surface area contributed by atoms with Crippen molar-refractivity contribution in [2.45, 2.75) is 29.7 Å². The van der Waals surface area contributed by atoms with E-state index in [1.54, 1.807) is 22.2 Å². The van der Waals surface area contributed by atoms with Crippen molar-refractivity contribution in [1.29, 1.82) is 0 Å². The van der Waals surface area contributed by atoms with Gasteiger partial charge in [-0.05, 0) is 38.1 Å². The first-order valence-electron chi connectivity index (χ1n) is 9.85. The number of rotatable bonds is 8. The van der Waals surface area contributed by atoms with Crippen molar-refractivity contribution >= 4 is 42.2 Å². The van der Waals surface area contributed by atoms with E-state index in [0.29, 0.717) is 11.3 Å². The molecule has 2 heterocycles. The Morgan fingerprint density at radius 2 is 1.61 bits per heavy atom. The highest BCUT2D eigenvalue weighted by Gasteiger charge is 2.25. The van der Waals surface area contributed by atoms with Gasteiger partial charge < -0.3 is 0 Å². The van der Waals surface area contributed by atoms with Crippen molar-refractivity contribution in [3.63, 3.8) is 0 Å². The average molecular weight is 504 g/mol. The number of hydrogen-bond donors (Lipinski definition) is 2. The Labute approximate surface area is 196 Å². The molecular weight excluding hydrogens is 482 g/mol. The van der Waals surface area contributed by atoms with E-state index in [9.17, 15) is 16.8 Å². The van der Waals surface area contributed by atoms with Crippen LogP contribution < -0.4 is 9.44 Å². The first kappa shape index (κ1) is 23.0. The second kappa shape index (κ2) is 8.96. The van der Waals surface area contributed by atoms with Crippen LogP contribution in [0, 0.1) is 0 Å². The Balaban J connectivity index is 1.62. The predicted molar refractivity (Wildman–Crippen MR) is 128 cm³/mol. The molecule has 4 aromatic rings. The fraction of sp³-hybridized carbons (Fsp3) is 0.143. The molecule has 0 fully saturated rings. The normalized spacial score (nSPS) is 12.1. The van der Waals surface area contributed by atoms with Gasteiger partial charge in [0.15, 0.2) is 5.13 Å². The lowest BCUT2D eigenvalue weighted by atomic mass is 10.2. The Kier molecular flexibility index (Phi) is 6.23. The number of thiazole rings is 1. The van der Waals surface area contributed by atoms with E-state index in [1.807, 2.05) is 32.0 Å². The van der Waals surface area contributed by atoms with Crippen LogP contribution in [0.2, 0.25) is 0 Å². The zero-order chi connectivity index (χ0) is 23.6. The van der Waals surface area contributed by atoms with E-state index >= 15 is 0 Å². The molecule has 2 N–H and O–H groups in total. The maximum Gasteiger partial charge on any atom is 0.265 e. The molecule has 0 unspecified atom stereocenters. The summed E-state index contributed by atoms with van der Waals surface area (Å²) in [7, 11) is -7.84. The van der Waals surface area contributed by atoms with Crippen molar-refractivity contribution in [1.82, 2.24) is 14.8 Å². The molecule has 0 saturated carbocycles. The molecule has 0 saturated heterocycles. The summed E-state index contributed by atoms with van der Waals surface area (Å²) in [4.78, 5) is 3.92. The van der Waals surface area contributed by atoms with Gasteiger partial charge in [-0.1, -0.05) is 30.3 Å². The summed E-state index contributed by atoms with van der Waals surface area (Å²) in [6.07, 6.45) is 2.98. The molecule has 0 bridgehead atoms. The van der Waals surface area contributed by atoms with Crippen molar-refractivity contribution in [3.05, 3.63) is 72.4 Å². The van der Waals surface area contributed by atoms with Crippen LogP contribution >= 0.6 is 11.3 Å². The Hall–Kier alpha value is -3.22. The molecular formula is C21H21N5O4S3. The van der Waals surface area contributed by atoms with Crippen LogP contribution in [-0.2, 0) is 20.0 Å². The van der Waals surface area contributed by atoms with Gasteiger partial charge >= 0.3 is 0 Å². The van der Waals surface area contributed by atoms with E-state index in [-0.39, 0.29) is 26.7 Å². The molecule has 0 radical (unpaired) electrons. The molecule has 0 aliphatic heterocycles.